The van der Waals surface area contributed by atoms with E-state index in [1.807, 2.05) is 35.8 Å². The summed E-state index contributed by atoms with van der Waals surface area (Å²) < 4.78 is 7.14. The zero-order chi connectivity index (χ0) is 20.9. The highest BCUT2D eigenvalue weighted by atomic mass is 32.2. The number of hydrogen-bond donors (Lipinski definition) is 1. The van der Waals surface area contributed by atoms with E-state index in [9.17, 15) is 4.79 Å². The average Bonchev–Trinajstić information content (AvgIpc) is 3.26. The molecule has 1 aromatic heterocycles. The van der Waals surface area contributed by atoms with Gasteiger partial charge in [0.1, 0.15) is 12.1 Å². The summed E-state index contributed by atoms with van der Waals surface area (Å²) in [5.41, 5.74) is 4.94. The fraction of sp³-hybridized carbons (Fsp3) is 0.348. The second-order valence-corrected chi connectivity index (χ2v) is 8.44. The van der Waals surface area contributed by atoms with Crippen LogP contribution < -0.4 is 10.1 Å². The van der Waals surface area contributed by atoms with E-state index in [-0.39, 0.29) is 17.7 Å². The van der Waals surface area contributed by atoms with Crippen LogP contribution in [0.1, 0.15) is 42.5 Å². The van der Waals surface area contributed by atoms with Crippen LogP contribution in [0.3, 0.4) is 0 Å². The maximum absolute atomic E-state index is 12.5. The number of carbonyl (C=O) groups is 1. The fourth-order valence-electron chi connectivity index (χ4n) is 3.78. The number of benzene rings is 2. The van der Waals surface area contributed by atoms with Gasteiger partial charge in [-0.05, 0) is 61.4 Å². The third kappa shape index (κ3) is 4.67. The van der Waals surface area contributed by atoms with E-state index in [0.717, 1.165) is 23.4 Å². The number of nitrogens with zero attached hydrogens (tertiary/aromatic N) is 3. The summed E-state index contributed by atoms with van der Waals surface area (Å²) >= 11 is 1.37. The van der Waals surface area contributed by atoms with Gasteiger partial charge in [0.15, 0.2) is 5.16 Å². The molecular formula is C23H26N4O2S. The van der Waals surface area contributed by atoms with Gasteiger partial charge in [0.25, 0.3) is 0 Å². The third-order valence-electron chi connectivity index (χ3n) is 5.43. The van der Waals surface area contributed by atoms with Gasteiger partial charge in [0.05, 0.1) is 24.6 Å². The van der Waals surface area contributed by atoms with E-state index in [1.165, 1.54) is 42.2 Å². The molecule has 30 heavy (non-hydrogen) atoms. The number of fused-ring (bicyclic) bond motifs is 1. The molecule has 1 atom stereocenters. The van der Waals surface area contributed by atoms with Crippen molar-refractivity contribution >= 4 is 17.7 Å². The lowest BCUT2D eigenvalue weighted by Gasteiger charge is -2.20. The van der Waals surface area contributed by atoms with Crippen molar-refractivity contribution in [2.45, 2.75) is 43.8 Å². The molecular weight excluding hydrogens is 396 g/mol. The molecule has 6 nitrogen and oxygen atoms in total. The van der Waals surface area contributed by atoms with Gasteiger partial charge in [0, 0.05) is 6.07 Å². The molecule has 4 rings (SSSR count). The number of rotatable bonds is 7. The lowest BCUT2D eigenvalue weighted by Crippen LogP contribution is -2.28. The molecule has 1 amide bonds. The predicted molar refractivity (Wildman–Crippen MR) is 118 cm³/mol. The molecule has 156 valence electrons. The molecule has 0 radical (unpaired) electrons. The van der Waals surface area contributed by atoms with Crippen molar-refractivity contribution in [3.63, 3.8) is 0 Å². The topological polar surface area (TPSA) is 69.0 Å². The molecule has 1 aliphatic rings. The summed E-state index contributed by atoms with van der Waals surface area (Å²) in [6, 6.07) is 14.2. The maximum Gasteiger partial charge on any atom is 0.230 e. The SMILES string of the molecule is COc1cccc(-n2cnnc2SCC(=O)NC(C)c2ccc3c(c2)CCCC3)c1. The molecule has 0 bridgehead atoms. The smallest absolute Gasteiger partial charge is 0.230 e. The minimum atomic E-state index is -0.0263. The van der Waals surface area contributed by atoms with Crippen molar-refractivity contribution in [2.75, 3.05) is 12.9 Å². The summed E-state index contributed by atoms with van der Waals surface area (Å²) in [4.78, 5) is 12.5. The Morgan fingerprint density at radius 3 is 2.87 bits per heavy atom. The minimum Gasteiger partial charge on any atom is -0.497 e. The van der Waals surface area contributed by atoms with Crippen molar-refractivity contribution in [3.8, 4) is 11.4 Å². The summed E-state index contributed by atoms with van der Waals surface area (Å²) in [5, 5.41) is 11.9. The van der Waals surface area contributed by atoms with Crippen molar-refractivity contribution < 1.29 is 9.53 Å². The number of aromatic nitrogens is 3. The molecule has 1 heterocycles. The van der Waals surface area contributed by atoms with Crippen molar-refractivity contribution in [2.24, 2.45) is 0 Å². The van der Waals surface area contributed by atoms with E-state index in [2.05, 4.69) is 33.7 Å². The molecule has 0 saturated carbocycles. The Hall–Kier alpha value is -2.80. The zero-order valence-electron chi connectivity index (χ0n) is 17.3. The van der Waals surface area contributed by atoms with Gasteiger partial charge in [-0.3, -0.25) is 9.36 Å². The number of methoxy groups -OCH3 is 1. The quantitative estimate of drug-likeness (QED) is 0.580. The molecule has 1 unspecified atom stereocenters. The highest BCUT2D eigenvalue weighted by Gasteiger charge is 2.15. The van der Waals surface area contributed by atoms with Crippen LogP contribution in [0.25, 0.3) is 5.69 Å². The van der Waals surface area contributed by atoms with Gasteiger partial charge in [0.2, 0.25) is 5.91 Å². The summed E-state index contributed by atoms with van der Waals surface area (Å²) in [5.74, 6) is 1.01. The van der Waals surface area contributed by atoms with E-state index in [4.69, 9.17) is 4.74 Å². The number of aryl methyl sites for hydroxylation is 2. The van der Waals surface area contributed by atoms with Crippen molar-refractivity contribution in [1.82, 2.24) is 20.1 Å². The predicted octanol–water partition coefficient (Wildman–Crippen LogP) is 4.12. The lowest BCUT2D eigenvalue weighted by molar-refractivity contribution is -0.119. The van der Waals surface area contributed by atoms with Crippen LogP contribution in [0.4, 0.5) is 0 Å². The van der Waals surface area contributed by atoms with Crippen LogP contribution in [-0.2, 0) is 17.6 Å². The normalized spacial score (nSPS) is 14.1. The van der Waals surface area contributed by atoms with E-state index in [0.29, 0.717) is 5.16 Å². The maximum atomic E-state index is 12.5. The number of ether oxygens (including phenoxy) is 1. The monoisotopic (exact) mass is 422 g/mol. The minimum absolute atomic E-state index is 0.0228. The first-order chi connectivity index (χ1) is 14.6. The van der Waals surface area contributed by atoms with Gasteiger partial charge in [-0.25, -0.2) is 0 Å². The first kappa shape index (κ1) is 20.5. The van der Waals surface area contributed by atoms with Crippen LogP contribution in [0.2, 0.25) is 0 Å². The Balaban J connectivity index is 1.37. The summed E-state index contributed by atoms with van der Waals surface area (Å²) in [6.45, 7) is 2.03. The Morgan fingerprint density at radius 1 is 1.20 bits per heavy atom. The fourth-order valence-corrected chi connectivity index (χ4v) is 4.52. The van der Waals surface area contributed by atoms with Gasteiger partial charge in [-0.15, -0.1) is 10.2 Å². The number of hydrogen-bond acceptors (Lipinski definition) is 5. The summed E-state index contributed by atoms with van der Waals surface area (Å²) in [7, 11) is 1.63. The molecule has 2 aromatic carbocycles. The van der Waals surface area contributed by atoms with Crippen LogP contribution in [0.15, 0.2) is 53.9 Å². The Morgan fingerprint density at radius 2 is 2.03 bits per heavy atom. The largest absolute Gasteiger partial charge is 0.497 e. The van der Waals surface area contributed by atoms with Gasteiger partial charge in [-0.2, -0.15) is 0 Å². The Labute approximate surface area is 181 Å². The molecule has 1 N–H and O–H groups in total. The molecule has 0 aliphatic heterocycles. The molecule has 0 spiro atoms. The average molecular weight is 423 g/mol. The molecule has 0 saturated heterocycles. The van der Waals surface area contributed by atoms with Crippen LogP contribution in [0, 0.1) is 0 Å². The standard InChI is InChI=1S/C23H26N4O2S/c1-16(18-11-10-17-6-3-4-7-19(17)12-18)25-22(28)14-30-23-26-24-15-27(23)20-8-5-9-21(13-20)29-2/h5,8-13,15-16H,3-4,6-7,14H2,1-2H3,(H,25,28). The van der Waals surface area contributed by atoms with Gasteiger partial charge in [-0.1, -0.05) is 36.0 Å². The van der Waals surface area contributed by atoms with Crippen LogP contribution >= 0.6 is 11.8 Å². The van der Waals surface area contributed by atoms with Crippen LogP contribution in [-0.4, -0.2) is 33.5 Å². The second kappa shape index (κ2) is 9.34. The number of thioether (sulfide) groups is 1. The number of nitrogens with one attached hydrogen (secondary N) is 1. The lowest BCUT2D eigenvalue weighted by atomic mass is 9.89. The van der Waals surface area contributed by atoms with Crippen molar-refractivity contribution in [1.29, 1.82) is 0 Å². The molecule has 1 aliphatic carbocycles. The first-order valence-electron chi connectivity index (χ1n) is 10.2. The first-order valence-corrected chi connectivity index (χ1v) is 11.2. The number of carbonyl (C=O) groups excluding carboxylic acids is 1. The Kier molecular flexibility index (Phi) is 6.38. The highest BCUT2D eigenvalue weighted by molar-refractivity contribution is 7.99. The Bertz CT molecular complexity index is 1030. The highest BCUT2D eigenvalue weighted by Crippen LogP contribution is 2.25. The number of amides is 1. The van der Waals surface area contributed by atoms with E-state index in [1.54, 1.807) is 13.4 Å². The van der Waals surface area contributed by atoms with Crippen molar-refractivity contribution in [3.05, 3.63) is 65.5 Å². The second-order valence-electron chi connectivity index (χ2n) is 7.50. The molecule has 3 aromatic rings. The molecule has 0 fully saturated rings. The van der Waals surface area contributed by atoms with Gasteiger partial charge < -0.3 is 10.1 Å². The summed E-state index contributed by atoms with van der Waals surface area (Å²) in [6.07, 6.45) is 6.48. The third-order valence-corrected chi connectivity index (χ3v) is 6.37. The zero-order valence-corrected chi connectivity index (χ0v) is 18.1. The van der Waals surface area contributed by atoms with Crippen LogP contribution in [0.5, 0.6) is 5.75 Å². The van der Waals surface area contributed by atoms with E-state index >= 15 is 0 Å². The van der Waals surface area contributed by atoms with Gasteiger partial charge >= 0.3 is 0 Å². The van der Waals surface area contributed by atoms with E-state index < -0.39 is 0 Å². The molecule has 7 heteroatoms.